The Morgan fingerprint density at radius 3 is 2.63 bits per heavy atom. The molecule has 0 unspecified atom stereocenters. The number of nitrogens with one attached hydrogen (secondary N) is 1. The topological polar surface area (TPSA) is 79.2 Å². The highest BCUT2D eigenvalue weighted by Crippen LogP contribution is 2.24. The molecule has 0 atom stereocenters. The summed E-state index contributed by atoms with van der Waals surface area (Å²) in [6.45, 7) is 1.47. The number of H-pyrrole nitrogens is 1. The van der Waals surface area contributed by atoms with Crippen LogP contribution < -0.4 is 5.56 Å². The Kier molecular flexibility index (Phi) is 4.87. The first kappa shape index (κ1) is 17.3. The molecule has 6 heteroatoms. The molecule has 138 valence electrons. The first-order valence-electron chi connectivity index (χ1n) is 9.18. The number of nitrogens with zero attached hydrogens (tertiary/aromatic N) is 2. The van der Waals surface area contributed by atoms with E-state index >= 15 is 0 Å². The Hall–Kier alpha value is -3.15. The average Bonchev–Trinajstić information content (AvgIpc) is 3.20. The van der Waals surface area contributed by atoms with Gasteiger partial charge in [-0.2, -0.15) is 0 Å². The molecule has 0 spiro atoms. The molecule has 27 heavy (non-hydrogen) atoms. The maximum Gasteiger partial charge on any atom is 0.276 e. The summed E-state index contributed by atoms with van der Waals surface area (Å²) in [5, 5.41) is 3.92. The van der Waals surface area contributed by atoms with Gasteiger partial charge in [-0.15, -0.1) is 0 Å². The van der Waals surface area contributed by atoms with Crippen molar-refractivity contribution in [1.29, 1.82) is 0 Å². The van der Waals surface area contributed by atoms with Gasteiger partial charge in [0.25, 0.3) is 5.91 Å². The van der Waals surface area contributed by atoms with Crippen LogP contribution in [-0.4, -0.2) is 34.0 Å². The monoisotopic (exact) mass is 363 g/mol. The minimum absolute atomic E-state index is 0.104. The fourth-order valence-corrected chi connectivity index (χ4v) is 3.53. The number of aromatic amines is 1. The minimum Gasteiger partial charge on any atom is -0.355 e. The molecule has 0 radical (unpaired) electrons. The Balaban J connectivity index is 1.37. The van der Waals surface area contributed by atoms with E-state index in [1.165, 1.54) is 11.6 Å². The Morgan fingerprint density at radius 2 is 1.93 bits per heavy atom. The van der Waals surface area contributed by atoms with Crippen molar-refractivity contribution in [2.24, 2.45) is 5.92 Å². The van der Waals surface area contributed by atoms with Gasteiger partial charge in [-0.25, -0.2) is 0 Å². The lowest BCUT2D eigenvalue weighted by Gasteiger charge is -2.31. The van der Waals surface area contributed by atoms with E-state index in [2.05, 4.69) is 34.4 Å². The Bertz CT molecular complexity index is 949. The quantitative estimate of drug-likeness (QED) is 0.772. The fraction of sp³-hybridized carbons (Fsp3) is 0.286. The molecule has 1 saturated heterocycles. The highest BCUT2D eigenvalue weighted by Gasteiger charge is 2.26. The minimum atomic E-state index is -0.187. The van der Waals surface area contributed by atoms with Gasteiger partial charge in [0.15, 0.2) is 11.5 Å². The van der Waals surface area contributed by atoms with Gasteiger partial charge < -0.3 is 14.4 Å². The molecule has 3 heterocycles. The van der Waals surface area contributed by atoms with Crippen molar-refractivity contribution < 1.29 is 9.32 Å². The molecule has 2 aromatic heterocycles. The zero-order chi connectivity index (χ0) is 18.6. The van der Waals surface area contributed by atoms with Crippen molar-refractivity contribution in [2.75, 3.05) is 13.1 Å². The number of amides is 1. The number of carbonyl (C=O) groups excluding carboxylic acids is 1. The van der Waals surface area contributed by atoms with E-state index in [1.54, 1.807) is 18.3 Å². The molecule has 4 rings (SSSR count). The lowest BCUT2D eigenvalue weighted by molar-refractivity contribution is 0.0680. The third kappa shape index (κ3) is 4.00. The highest BCUT2D eigenvalue weighted by atomic mass is 16.5. The predicted molar refractivity (Wildman–Crippen MR) is 101 cm³/mol. The van der Waals surface area contributed by atoms with Gasteiger partial charge in [-0.1, -0.05) is 35.5 Å². The maximum atomic E-state index is 12.7. The van der Waals surface area contributed by atoms with Crippen LogP contribution in [0.5, 0.6) is 0 Å². The third-order valence-electron chi connectivity index (χ3n) is 5.07. The van der Waals surface area contributed by atoms with E-state index in [9.17, 15) is 9.59 Å². The van der Waals surface area contributed by atoms with E-state index in [1.807, 2.05) is 11.0 Å². The van der Waals surface area contributed by atoms with Crippen LogP contribution in [0, 0.1) is 5.92 Å². The van der Waals surface area contributed by atoms with E-state index in [-0.39, 0.29) is 11.5 Å². The molecule has 1 amide bonds. The van der Waals surface area contributed by atoms with Crippen molar-refractivity contribution in [2.45, 2.75) is 19.3 Å². The largest absolute Gasteiger partial charge is 0.355 e. The Labute approximate surface area is 156 Å². The van der Waals surface area contributed by atoms with E-state index in [4.69, 9.17) is 4.52 Å². The molecule has 1 aromatic carbocycles. The number of hydrogen-bond donors (Lipinski definition) is 1. The van der Waals surface area contributed by atoms with Crippen molar-refractivity contribution in [3.05, 3.63) is 76.3 Å². The molecule has 1 aliphatic heterocycles. The van der Waals surface area contributed by atoms with Crippen LogP contribution in [0.3, 0.4) is 0 Å². The van der Waals surface area contributed by atoms with Crippen LogP contribution in [0.4, 0.5) is 0 Å². The summed E-state index contributed by atoms with van der Waals surface area (Å²) in [6.07, 6.45) is 4.59. The van der Waals surface area contributed by atoms with Crippen molar-refractivity contribution in [3.63, 3.8) is 0 Å². The van der Waals surface area contributed by atoms with Crippen LogP contribution in [0.2, 0.25) is 0 Å². The summed E-state index contributed by atoms with van der Waals surface area (Å²) in [6, 6.07) is 15.2. The Morgan fingerprint density at radius 1 is 1.15 bits per heavy atom. The highest BCUT2D eigenvalue weighted by molar-refractivity contribution is 5.93. The van der Waals surface area contributed by atoms with Crippen molar-refractivity contribution >= 4 is 5.91 Å². The molecular weight excluding hydrogens is 342 g/mol. The van der Waals surface area contributed by atoms with E-state index in [0.717, 1.165) is 32.4 Å². The summed E-state index contributed by atoms with van der Waals surface area (Å²) >= 11 is 0. The zero-order valence-corrected chi connectivity index (χ0v) is 14.9. The van der Waals surface area contributed by atoms with Gasteiger partial charge >= 0.3 is 0 Å². The first-order chi connectivity index (χ1) is 13.2. The number of pyridine rings is 1. The van der Waals surface area contributed by atoms with Crippen LogP contribution in [0.25, 0.3) is 11.3 Å². The third-order valence-corrected chi connectivity index (χ3v) is 5.07. The molecule has 1 aliphatic rings. The van der Waals surface area contributed by atoms with Gasteiger partial charge in [0.1, 0.15) is 0 Å². The normalized spacial score (nSPS) is 15.0. The van der Waals surface area contributed by atoms with Gasteiger partial charge in [0.2, 0.25) is 5.56 Å². The summed E-state index contributed by atoms with van der Waals surface area (Å²) in [5.74, 6) is 0.964. The second-order valence-electron chi connectivity index (χ2n) is 6.94. The van der Waals surface area contributed by atoms with Gasteiger partial charge in [0.05, 0.1) is 0 Å². The summed E-state index contributed by atoms with van der Waals surface area (Å²) in [4.78, 5) is 28.3. The summed E-state index contributed by atoms with van der Waals surface area (Å²) in [7, 11) is 0. The number of rotatable bonds is 4. The first-order valence-corrected chi connectivity index (χ1v) is 9.18. The number of piperidine rings is 1. The van der Waals surface area contributed by atoms with Crippen LogP contribution in [-0.2, 0) is 6.42 Å². The molecule has 1 N–H and O–H groups in total. The lowest BCUT2D eigenvalue weighted by atomic mass is 9.90. The van der Waals surface area contributed by atoms with Crippen molar-refractivity contribution in [3.8, 4) is 11.3 Å². The molecule has 1 fully saturated rings. The summed E-state index contributed by atoms with van der Waals surface area (Å²) < 4.78 is 5.28. The fourth-order valence-electron chi connectivity index (χ4n) is 3.53. The SMILES string of the molecule is O=C(c1cc(-c2ccc(=O)[nH]c2)on1)N1CCC(Cc2ccccc2)CC1. The molecule has 6 nitrogen and oxygen atoms in total. The standard InChI is InChI=1S/C21H21N3O3/c25-20-7-6-17(14-22-20)19-13-18(23-27-19)21(26)24-10-8-16(9-11-24)12-15-4-2-1-3-5-15/h1-7,13-14,16H,8-12H2,(H,22,25). The molecule has 0 saturated carbocycles. The van der Waals surface area contributed by atoms with Crippen LogP contribution in [0.1, 0.15) is 28.9 Å². The number of carbonyl (C=O) groups is 1. The smallest absolute Gasteiger partial charge is 0.276 e. The molecule has 0 aliphatic carbocycles. The number of hydrogen-bond acceptors (Lipinski definition) is 4. The van der Waals surface area contributed by atoms with E-state index in [0.29, 0.717) is 22.9 Å². The van der Waals surface area contributed by atoms with Crippen molar-refractivity contribution in [1.82, 2.24) is 15.0 Å². The second kappa shape index (κ2) is 7.61. The number of aromatic nitrogens is 2. The number of likely N-dealkylation sites (tertiary alicyclic amines) is 1. The average molecular weight is 363 g/mol. The number of benzene rings is 1. The molecule has 3 aromatic rings. The van der Waals surface area contributed by atoms with Crippen LogP contribution in [0.15, 0.2) is 64.0 Å². The van der Waals surface area contributed by atoms with Gasteiger partial charge in [-0.3, -0.25) is 9.59 Å². The van der Waals surface area contributed by atoms with Gasteiger partial charge in [-0.05, 0) is 36.8 Å². The lowest BCUT2D eigenvalue weighted by Crippen LogP contribution is -2.39. The van der Waals surface area contributed by atoms with E-state index < -0.39 is 0 Å². The zero-order valence-electron chi connectivity index (χ0n) is 14.9. The van der Waals surface area contributed by atoms with Gasteiger partial charge in [0, 0.05) is 37.0 Å². The molecular formula is C21H21N3O3. The second-order valence-corrected chi connectivity index (χ2v) is 6.94. The summed E-state index contributed by atoms with van der Waals surface area (Å²) in [5.41, 5.74) is 2.15. The maximum absolute atomic E-state index is 12.7. The van der Waals surface area contributed by atoms with Crippen LogP contribution >= 0.6 is 0 Å². The molecule has 0 bridgehead atoms. The predicted octanol–water partition coefficient (Wildman–Crippen LogP) is 3.12.